The Kier molecular flexibility index (Phi) is 5.48. The zero-order chi connectivity index (χ0) is 16.8. The maximum Gasteiger partial charge on any atom is 0.225 e. The fourth-order valence-electron chi connectivity index (χ4n) is 2.63. The van der Waals surface area contributed by atoms with Gasteiger partial charge in [-0.2, -0.15) is 11.8 Å². The predicted octanol–water partition coefficient (Wildman–Crippen LogP) is 2.88. The summed E-state index contributed by atoms with van der Waals surface area (Å²) in [6.07, 6.45) is 5.18. The Morgan fingerprint density at radius 1 is 1.17 bits per heavy atom. The fraction of sp³-hybridized carbons (Fsp3) is 0.278. The Labute approximate surface area is 145 Å². The van der Waals surface area contributed by atoms with Crippen molar-refractivity contribution in [3.8, 4) is 0 Å². The highest BCUT2D eigenvalue weighted by Gasteiger charge is 2.20. The molecule has 124 valence electrons. The lowest BCUT2D eigenvalue weighted by Crippen LogP contribution is -2.31. The van der Waals surface area contributed by atoms with Gasteiger partial charge in [-0.1, -0.05) is 36.4 Å². The largest absolute Gasteiger partial charge is 0.346 e. The van der Waals surface area contributed by atoms with E-state index in [0.29, 0.717) is 6.42 Å². The summed E-state index contributed by atoms with van der Waals surface area (Å²) in [5.74, 6) is 1.72. The molecule has 2 heterocycles. The monoisotopic (exact) mass is 340 g/mol. The van der Waals surface area contributed by atoms with Crippen LogP contribution in [-0.2, 0) is 11.2 Å². The molecule has 1 N–H and O–H groups in total. The number of rotatable bonds is 7. The lowest BCUT2D eigenvalue weighted by atomic mass is 10.1. The molecule has 0 fully saturated rings. The molecular formula is C18H20N4OS. The lowest BCUT2D eigenvalue weighted by Gasteiger charge is -2.17. The average molecular weight is 340 g/mol. The number of nitrogens with zero attached hydrogens (tertiary/aromatic N) is 3. The van der Waals surface area contributed by atoms with Gasteiger partial charge in [0.2, 0.25) is 5.91 Å². The molecule has 1 aromatic carbocycles. The van der Waals surface area contributed by atoms with Gasteiger partial charge >= 0.3 is 0 Å². The zero-order valence-electron chi connectivity index (χ0n) is 13.6. The van der Waals surface area contributed by atoms with E-state index in [2.05, 4.69) is 21.8 Å². The minimum Gasteiger partial charge on any atom is -0.346 e. The van der Waals surface area contributed by atoms with Gasteiger partial charge in [-0.3, -0.25) is 9.20 Å². The van der Waals surface area contributed by atoms with Crippen molar-refractivity contribution in [2.24, 2.45) is 0 Å². The molecule has 0 radical (unpaired) electrons. The Hall–Kier alpha value is -2.34. The quantitative estimate of drug-likeness (QED) is 0.718. The molecule has 6 heteroatoms. The van der Waals surface area contributed by atoms with E-state index in [1.54, 1.807) is 11.8 Å². The second-order valence-electron chi connectivity index (χ2n) is 5.55. The number of hydrogen-bond donors (Lipinski definition) is 1. The Balaban J connectivity index is 1.77. The average Bonchev–Trinajstić information content (AvgIpc) is 3.03. The van der Waals surface area contributed by atoms with Crippen molar-refractivity contribution in [2.45, 2.75) is 18.9 Å². The van der Waals surface area contributed by atoms with Crippen molar-refractivity contribution in [3.63, 3.8) is 0 Å². The first-order valence-corrected chi connectivity index (χ1v) is 9.29. The minimum absolute atomic E-state index is 0.0000146. The number of hydrogen-bond acceptors (Lipinski definition) is 4. The van der Waals surface area contributed by atoms with E-state index in [4.69, 9.17) is 0 Å². The fourth-order valence-corrected chi connectivity index (χ4v) is 3.10. The number of carbonyl (C=O) groups excluding carboxylic acids is 1. The molecular weight excluding hydrogens is 320 g/mol. The van der Waals surface area contributed by atoms with E-state index in [-0.39, 0.29) is 11.9 Å². The van der Waals surface area contributed by atoms with Gasteiger partial charge in [-0.15, -0.1) is 10.2 Å². The third kappa shape index (κ3) is 3.94. The molecule has 1 atom stereocenters. The van der Waals surface area contributed by atoms with Gasteiger partial charge in [-0.25, -0.2) is 0 Å². The second kappa shape index (κ2) is 7.97. The van der Waals surface area contributed by atoms with Crippen molar-refractivity contribution >= 4 is 23.3 Å². The van der Waals surface area contributed by atoms with Crippen LogP contribution in [0.25, 0.3) is 5.65 Å². The maximum atomic E-state index is 12.4. The molecule has 0 aliphatic rings. The van der Waals surface area contributed by atoms with Crippen LogP contribution in [0.5, 0.6) is 0 Å². The third-order valence-corrected chi connectivity index (χ3v) is 4.45. The van der Waals surface area contributed by atoms with Crippen LogP contribution in [0.1, 0.15) is 23.9 Å². The number of aromatic nitrogens is 3. The topological polar surface area (TPSA) is 59.3 Å². The number of carbonyl (C=O) groups is 1. The van der Waals surface area contributed by atoms with Crippen molar-refractivity contribution in [2.75, 3.05) is 12.0 Å². The summed E-state index contributed by atoms with van der Waals surface area (Å²) in [6, 6.07) is 15.4. The number of benzene rings is 1. The van der Waals surface area contributed by atoms with Gasteiger partial charge in [-0.05, 0) is 36.1 Å². The first-order valence-electron chi connectivity index (χ1n) is 7.90. The number of amides is 1. The number of fused-ring (bicyclic) bond motifs is 1. The van der Waals surface area contributed by atoms with Crippen molar-refractivity contribution in [1.82, 2.24) is 19.9 Å². The van der Waals surface area contributed by atoms with Crippen LogP contribution in [0.15, 0.2) is 54.7 Å². The van der Waals surface area contributed by atoms with Gasteiger partial charge in [0.25, 0.3) is 0 Å². The van der Waals surface area contributed by atoms with Gasteiger partial charge < -0.3 is 5.32 Å². The molecule has 3 rings (SSSR count). The van der Waals surface area contributed by atoms with E-state index in [1.165, 1.54) is 0 Å². The van der Waals surface area contributed by atoms with E-state index >= 15 is 0 Å². The van der Waals surface area contributed by atoms with Gasteiger partial charge in [0.1, 0.15) is 0 Å². The highest BCUT2D eigenvalue weighted by molar-refractivity contribution is 7.98. The summed E-state index contributed by atoms with van der Waals surface area (Å²) >= 11 is 1.75. The summed E-state index contributed by atoms with van der Waals surface area (Å²) in [6.45, 7) is 0. The van der Waals surface area contributed by atoms with Crippen molar-refractivity contribution < 1.29 is 4.79 Å². The van der Waals surface area contributed by atoms with E-state index in [9.17, 15) is 4.79 Å². The van der Waals surface area contributed by atoms with Gasteiger partial charge in [0, 0.05) is 6.20 Å². The van der Waals surface area contributed by atoms with Crippen LogP contribution in [0.2, 0.25) is 0 Å². The number of pyridine rings is 1. The molecule has 1 amide bonds. The van der Waals surface area contributed by atoms with Gasteiger partial charge in [0.15, 0.2) is 11.5 Å². The summed E-state index contributed by atoms with van der Waals surface area (Å²) < 4.78 is 1.94. The molecule has 0 spiro atoms. The molecule has 0 saturated heterocycles. The van der Waals surface area contributed by atoms with Crippen LogP contribution < -0.4 is 5.32 Å². The van der Waals surface area contributed by atoms with Crippen LogP contribution in [0.3, 0.4) is 0 Å². The number of nitrogens with one attached hydrogen (secondary N) is 1. The van der Waals surface area contributed by atoms with E-state index < -0.39 is 0 Å². The summed E-state index contributed by atoms with van der Waals surface area (Å²) in [4.78, 5) is 12.4. The summed E-state index contributed by atoms with van der Waals surface area (Å²) in [7, 11) is 0. The van der Waals surface area contributed by atoms with Crippen LogP contribution in [-0.4, -0.2) is 32.5 Å². The zero-order valence-corrected chi connectivity index (χ0v) is 14.4. The SMILES string of the molecule is CSCCC(NC(=O)Cc1ccccc1)c1nnc2ccccn12. The maximum absolute atomic E-state index is 12.4. The molecule has 1 unspecified atom stereocenters. The molecule has 2 aromatic heterocycles. The lowest BCUT2D eigenvalue weighted by molar-refractivity contribution is -0.121. The first-order chi connectivity index (χ1) is 11.8. The first kappa shape index (κ1) is 16.5. The van der Waals surface area contributed by atoms with Crippen molar-refractivity contribution in [3.05, 3.63) is 66.1 Å². The standard InChI is InChI=1S/C18H20N4OS/c1-24-12-10-15(18-21-20-16-9-5-6-11-22(16)18)19-17(23)13-14-7-3-2-4-8-14/h2-9,11,15H,10,12-13H2,1H3,(H,19,23). The Morgan fingerprint density at radius 2 is 1.96 bits per heavy atom. The van der Waals surface area contributed by atoms with E-state index in [0.717, 1.165) is 29.2 Å². The molecule has 0 aliphatic heterocycles. The molecule has 5 nitrogen and oxygen atoms in total. The predicted molar refractivity (Wildman–Crippen MR) is 97.0 cm³/mol. The second-order valence-corrected chi connectivity index (χ2v) is 6.54. The van der Waals surface area contributed by atoms with Gasteiger partial charge in [0.05, 0.1) is 12.5 Å². The normalized spacial score (nSPS) is 12.2. The molecule has 3 aromatic rings. The third-order valence-electron chi connectivity index (χ3n) is 3.81. The molecule has 24 heavy (non-hydrogen) atoms. The number of thioether (sulfide) groups is 1. The van der Waals surface area contributed by atoms with E-state index in [1.807, 2.05) is 59.1 Å². The smallest absolute Gasteiger partial charge is 0.225 e. The van der Waals surface area contributed by atoms with Crippen LogP contribution in [0, 0.1) is 0 Å². The molecule has 0 saturated carbocycles. The summed E-state index contributed by atoms with van der Waals surface area (Å²) in [5, 5.41) is 11.6. The Morgan fingerprint density at radius 3 is 2.75 bits per heavy atom. The highest BCUT2D eigenvalue weighted by Crippen LogP contribution is 2.18. The Bertz CT molecular complexity index is 803. The van der Waals surface area contributed by atoms with Crippen LogP contribution in [0.4, 0.5) is 0 Å². The molecule has 0 bridgehead atoms. The summed E-state index contributed by atoms with van der Waals surface area (Å²) in [5.41, 5.74) is 1.80. The molecule has 0 aliphatic carbocycles. The highest BCUT2D eigenvalue weighted by atomic mass is 32.2. The minimum atomic E-state index is -0.147. The van der Waals surface area contributed by atoms with Crippen molar-refractivity contribution in [1.29, 1.82) is 0 Å². The van der Waals surface area contributed by atoms with Crippen LogP contribution >= 0.6 is 11.8 Å².